The lowest BCUT2D eigenvalue weighted by molar-refractivity contribution is 0.401. The van der Waals surface area contributed by atoms with Gasteiger partial charge >= 0.3 is 0 Å². The number of hydrogen-bond donors (Lipinski definition) is 1. The molecule has 6 nitrogen and oxygen atoms in total. The lowest BCUT2D eigenvalue weighted by Gasteiger charge is -2.49. The van der Waals surface area contributed by atoms with Gasteiger partial charge in [-0.25, -0.2) is 0 Å². The molecule has 0 amide bonds. The number of rotatable bonds is 13. The molecule has 0 saturated carbocycles. The molecule has 0 aromatic heterocycles. The van der Waals surface area contributed by atoms with Crippen LogP contribution in [0, 0.1) is 0 Å². The van der Waals surface area contributed by atoms with Crippen molar-refractivity contribution in [3.8, 4) is 89.0 Å². The summed E-state index contributed by atoms with van der Waals surface area (Å²) in [6, 6.07) is 149. The molecule has 0 atom stereocenters. The van der Waals surface area contributed by atoms with Gasteiger partial charge in [0.05, 0.1) is 34.1 Å². The highest BCUT2D eigenvalue weighted by atomic mass is 79.9. The van der Waals surface area contributed by atoms with Crippen LogP contribution in [0.4, 0.5) is 73.9 Å². The van der Waals surface area contributed by atoms with Gasteiger partial charge in [-0.1, -0.05) is 389 Å². The van der Waals surface area contributed by atoms with E-state index in [-0.39, 0.29) is 50.7 Å². The molecule has 0 aliphatic carbocycles. The van der Waals surface area contributed by atoms with Gasteiger partial charge in [0.25, 0.3) is 0 Å². The average molecular weight is 1990 g/mol. The van der Waals surface area contributed by atoms with Crippen LogP contribution in [0.25, 0.3) is 89.0 Å². The third-order valence-corrected chi connectivity index (χ3v) is 35.2. The molecular weight excluding hydrogens is 1860 g/mol. The van der Waals surface area contributed by atoms with Gasteiger partial charge in [-0.2, -0.15) is 0 Å². The van der Waals surface area contributed by atoms with E-state index in [1.165, 1.54) is 240 Å². The highest BCUT2D eigenvalue weighted by molar-refractivity contribution is 9.10. The van der Waals surface area contributed by atoms with Crippen molar-refractivity contribution in [1.29, 1.82) is 0 Å². The summed E-state index contributed by atoms with van der Waals surface area (Å²) in [7, 11) is 0. The van der Waals surface area contributed by atoms with Crippen LogP contribution < -0.4 is 29.8 Å². The van der Waals surface area contributed by atoms with E-state index in [1.54, 1.807) is 0 Å². The van der Waals surface area contributed by atoms with E-state index in [9.17, 15) is 0 Å². The summed E-state index contributed by atoms with van der Waals surface area (Å²) in [6.45, 7) is 43.2. The predicted molar refractivity (Wildman–Crippen MR) is 635 cm³/mol. The van der Waals surface area contributed by atoms with E-state index in [2.05, 4.69) is 557 Å². The van der Waals surface area contributed by atoms with Gasteiger partial charge in [0, 0.05) is 92.1 Å². The highest BCUT2D eigenvalue weighted by Gasteiger charge is 2.50. The Morgan fingerprint density at radius 2 is 0.399 bits per heavy atom. The van der Waals surface area contributed by atoms with Crippen molar-refractivity contribution in [1.82, 2.24) is 0 Å². The minimum absolute atomic E-state index is 0. The molecule has 736 valence electrons. The van der Waals surface area contributed by atoms with Crippen LogP contribution in [0.5, 0.6) is 0 Å². The Hall–Kier alpha value is -14.8. The first kappa shape index (κ1) is 96.7. The summed E-state index contributed by atoms with van der Waals surface area (Å²) in [5.74, 6) is 0. The van der Waals surface area contributed by atoms with E-state index < -0.39 is 0 Å². The van der Waals surface area contributed by atoms with Crippen molar-refractivity contribution in [2.24, 2.45) is 0 Å². The Bertz CT molecular complexity index is 7880. The third kappa shape index (κ3) is 16.7. The van der Waals surface area contributed by atoms with Crippen molar-refractivity contribution in [3.63, 3.8) is 0 Å². The van der Waals surface area contributed by atoms with Gasteiger partial charge in [-0.05, 0) is 349 Å². The zero-order valence-corrected chi connectivity index (χ0v) is 89.5. The number of para-hydroxylation sites is 4. The molecule has 0 fully saturated rings. The minimum Gasteiger partial charge on any atom is -0.371 e. The fraction of sp³-hybridized carbons (Fsp3) is 0.234. The molecule has 7 heteroatoms. The fourth-order valence-electron chi connectivity index (χ4n) is 25.4. The van der Waals surface area contributed by atoms with E-state index in [0.717, 1.165) is 46.0 Å². The molecular formula is C141H135BrN6. The Morgan fingerprint density at radius 3 is 0.649 bits per heavy atom. The number of fused-ring (bicyclic) bond motifs is 8. The zero-order valence-electron chi connectivity index (χ0n) is 87.9. The maximum Gasteiger partial charge on any atom is 0.0544 e. The van der Waals surface area contributed by atoms with E-state index >= 15 is 0 Å². The van der Waals surface area contributed by atoms with Crippen LogP contribution in [0.3, 0.4) is 0 Å². The van der Waals surface area contributed by atoms with Crippen LogP contribution in [-0.2, 0) is 43.3 Å². The SMILES string of the molecule is C.CC1(C)CCN2CCC(C)(C)c3cc(-c4ccc(N(c5ccc(-c6ccccc6)cc5)c5ccc(-c6ccc(-c7cc8c9c(c7)C(C)(C)c7ccccc7N9c7ccccc7C8(C)C)cc6)cc5)cc4)cc1c32.CC1(C)CCN2CCC(C)(C)c3cc(-c4ccc(Nc5ccc(-c6ccccc6)cc5)cc4)cc1c32.CC1(C)c2ccccc2N2c3ccccc3C(C)(C)c3cc(-c4ccc(-c5ccc(Br)cc5)cc4)cc1c32. The zero-order chi connectivity index (χ0) is 101. The molecule has 26 rings (SSSR count). The van der Waals surface area contributed by atoms with Crippen LogP contribution in [0.1, 0.15) is 211 Å². The van der Waals surface area contributed by atoms with Gasteiger partial charge in [-0.15, -0.1) is 0 Å². The number of hydrogen-bond acceptors (Lipinski definition) is 6. The largest absolute Gasteiger partial charge is 0.371 e. The number of benzene rings is 18. The first-order valence-electron chi connectivity index (χ1n) is 53.1. The normalized spacial score (nSPS) is 16.7. The summed E-state index contributed by atoms with van der Waals surface area (Å²) in [6.07, 6.45) is 4.80. The second-order valence-corrected chi connectivity index (χ2v) is 48.0. The second kappa shape index (κ2) is 36.7. The lowest BCUT2D eigenvalue weighted by Crippen LogP contribution is -2.44. The number of nitrogens with zero attached hydrogens (tertiary/aromatic N) is 5. The molecule has 8 aliphatic rings. The van der Waals surface area contributed by atoms with Crippen molar-refractivity contribution in [2.75, 3.05) is 56.0 Å². The van der Waals surface area contributed by atoms with Crippen molar-refractivity contribution >= 4 is 89.9 Å². The third-order valence-electron chi connectivity index (χ3n) is 34.7. The molecule has 0 radical (unpaired) electrons. The second-order valence-electron chi connectivity index (χ2n) is 47.1. The summed E-state index contributed by atoms with van der Waals surface area (Å²) >= 11 is 3.55. The van der Waals surface area contributed by atoms with Crippen molar-refractivity contribution in [3.05, 3.63) is 472 Å². The van der Waals surface area contributed by atoms with Crippen LogP contribution in [-0.4, -0.2) is 26.2 Å². The standard InChI is InChI=1S/C70H65N3.C36H30BrN.C34H36N2.CH4/c1-67(2)38-40-71-41-39-68(3,4)60-43-52(42-59(67)65(60)71)51-30-36-56(37-31-51)72(54-32-26-48(27-33-54)46-16-10-9-11-17-46)55-34-28-49(29-35-55)47-22-24-50(25-23-47)53-44-61-66-62(45-53)70(7,8)58-19-13-15-21-64(58)73(66)63-20-14-12-18-57(63)69(61,5)6;1-35(2)28-9-5-7-11-32(28)38-33-12-8-6-10-29(33)36(3,4)31-22-26(21-30(35)34(31)38)25-15-13-23(14-16-25)24-17-19-27(37)20-18-24;1-33(2)18-20-36-21-19-34(3,4)31-23-27(22-30(33)32(31)36)26-12-16-29(17-13-26)35-28-14-10-25(11-15-28)24-8-6-5-7-9-24;/h9-37,42-45H,38-41H2,1-8H3;5-22H,1-4H3;5-17,22-23,35H,18-21H2,1-4H3;1H4. The fourth-order valence-corrected chi connectivity index (χ4v) is 25.7. The summed E-state index contributed by atoms with van der Waals surface area (Å²) < 4.78 is 1.10. The van der Waals surface area contributed by atoms with Gasteiger partial charge in [-0.3, -0.25) is 0 Å². The molecule has 18 aromatic rings. The molecule has 0 bridgehead atoms. The molecule has 18 aromatic carbocycles. The van der Waals surface area contributed by atoms with E-state index in [1.807, 2.05) is 0 Å². The van der Waals surface area contributed by atoms with E-state index in [0.29, 0.717) is 0 Å². The number of halogens is 1. The minimum atomic E-state index is -0.175. The molecule has 0 saturated heterocycles. The highest BCUT2D eigenvalue weighted by Crippen LogP contribution is 2.65. The topological polar surface area (TPSA) is 28.2 Å². The predicted octanol–water partition coefficient (Wildman–Crippen LogP) is 38.8. The molecule has 1 N–H and O–H groups in total. The van der Waals surface area contributed by atoms with Crippen LogP contribution in [0.2, 0.25) is 0 Å². The van der Waals surface area contributed by atoms with Crippen molar-refractivity contribution in [2.45, 2.75) is 187 Å². The maximum atomic E-state index is 3.57. The van der Waals surface area contributed by atoms with Crippen LogP contribution >= 0.6 is 15.9 Å². The van der Waals surface area contributed by atoms with Gasteiger partial charge in [0.1, 0.15) is 0 Å². The molecule has 148 heavy (non-hydrogen) atoms. The monoisotopic (exact) mass is 1990 g/mol. The van der Waals surface area contributed by atoms with Crippen LogP contribution in [0.15, 0.2) is 405 Å². The Kier molecular flexibility index (Phi) is 24.0. The van der Waals surface area contributed by atoms with Gasteiger partial charge in [0.2, 0.25) is 0 Å². The molecule has 0 unspecified atom stereocenters. The van der Waals surface area contributed by atoms with Crippen molar-refractivity contribution < 1.29 is 0 Å². The van der Waals surface area contributed by atoms with Gasteiger partial charge in [0.15, 0.2) is 0 Å². The first-order valence-corrected chi connectivity index (χ1v) is 53.9. The molecule has 8 aliphatic heterocycles. The Labute approximate surface area is 887 Å². The molecule has 0 spiro atoms. The summed E-state index contributed by atoms with van der Waals surface area (Å²) in [5, 5.41) is 3.57. The number of anilines is 13. The maximum absolute atomic E-state index is 3.57. The van der Waals surface area contributed by atoms with E-state index in [4.69, 9.17) is 0 Å². The lowest BCUT2D eigenvalue weighted by atomic mass is 9.65. The summed E-state index contributed by atoms with van der Waals surface area (Å²) in [5.41, 5.74) is 53.6. The van der Waals surface area contributed by atoms with Gasteiger partial charge < -0.3 is 29.8 Å². The molecule has 8 heterocycles. The average Bonchev–Trinajstić information content (AvgIpc) is 0.687. The smallest absolute Gasteiger partial charge is 0.0544 e. The Morgan fingerprint density at radius 1 is 0.203 bits per heavy atom. The number of nitrogens with one attached hydrogen (secondary N) is 1. The first-order chi connectivity index (χ1) is 70.7. The Balaban J connectivity index is 0.000000135. The quantitative estimate of drug-likeness (QED) is 0.124. The summed E-state index contributed by atoms with van der Waals surface area (Å²) in [4.78, 5) is 12.8.